The first-order valence-electron chi connectivity index (χ1n) is 5.56. The molecule has 0 radical (unpaired) electrons. The molecule has 3 heteroatoms. The Bertz CT molecular complexity index is 577. The van der Waals surface area contributed by atoms with Crippen molar-refractivity contribution in [1.29, 1.82) is 0 Å². The number of thiazole rings is 1. The number of hydrogen-bond acceptors (Lipinski definition) is 2. The monoisotopic (exact) mass is 235 g/mol. The molecule has 86 valence electrons. The minimum Gasteiger partial charge on any atom is -0.302 e. The average Bonchev–Trinajstić information content (AvgIpc) is 2.54. The predicted molar refractivity (Wildman–Crippen MR) is 70.4 cm³/mol. The molecule has 0 fully saturated rings. The van der Waals surface area contributed by atoms with E-state index in [2.05, 4.69) is 39.0 Å². The number of nitrogens with zero attached hydrogens (tertiary/aromatic N) is 1. The van der Waals surface area contributed by atoms with Crippen molar-refractivity contribution in [1.82, 2.24) is 4.57 Å². The molecule has 0 bridgehead atoms. The van der Waals surface area contributed by atoms with E-state index in [1.54, 1.807) is 4.57 Å². The molecule has 0 N–H and O–H groups in total. The van der Waals surface area contributed by atoms with Crippen LogP contribution in [-0.4, -0.2) is 4.57 Å². The lowest BCUT2D eigenvalue weighted by atomic mass is 9.82. The summed E-state index contributed by atoms with van der Waals surface area (Å²) in [6.45, 7) is 6.66. The molecule has 0 unspecified atom stereocenters. The van der Waals surface area contributed by atoms with Crippen molar-refractivity contribution in [2.24, 2.45) is 7.05 Å². The Labute approximate surface area is 99.5 Å². The second-order valence-electron chi connectivity index (χ2n) is 4.85. The van der Waals surface area contributed by atoms with E-state index in [4.69, 9.17) is 0 Å². The van der Waals surface area contributed by atoms with Gasteiger partial charge in [-0.2, -0.15) is 0 Å². The topological polar surface area (TPSA) is 22.0 Å². The fourth-order valence-electron chi connectivity index (χ4n) is 1.76. The second-order valence-corrected chi connectivity index (χ2v) is 5.84. The zero-order valence-corrected chi connectivity index (χ0v) is 11.0. The molecule has 16 heavy (non-hydrogen) atoms. The minimum absolute atomic E-state index is 0.112. The summed E-state index contributed by atoms with van der Waals surface area (Å²) in [5.41, 5.74) is 2.52. The van der Waals surface area contributed by atoms with Crippen LogP contribution in [0, 0.1) is 0 Å². The fraction of sp³-hybridized carbons (Fsp3) is 0.462. The molecule has 1 heterocycles. The standard InChI is InChI=1S/C13H17NOS/c1-5-13(2,3)9-6-7-10-11(8-9)16-12(15)14(10)4/h6-8H,5H2,1-4H3. The molecule has 0 aliphatic heterocycles. The first-order chi connectivity index (χ1) is 7.45. The van der Waals surface area contributed by atoms with Crippen molar-refractivity contribution in [3.05, 3.63) is 33.4 Å². The number of fused-ring (bicyclic) bond motifs is 1. The summed E-state index contributed by atoms with van der Waals surface area (Å²) in [5.74, 6) is 0. The lowest BCUT2D eigenvalue weighted by Gasteiger charge is -2.23. The SMILES string of the molecule is CCC(C)(C)c1ccc2c(c1)sc(=O)n2C. The van der Waals surface area contributed by atoms with Crippen molar-refractivity contribution in [2.75, 3.05) is 0 Å². The van der Waals surface area contributed by atoms with Crippen molar-refractivity contribution in [3.63, 3.8) is 0 Å². The number of benzene rings is 1. The van der Waals surface area contributed by atoms with Gasteiger partial charge in [-0.25, -0.2) is 0 Å². The van der Waals surface area contributed by atoms with Gasteiger partial charge in [0.05, 0.1) is 10.2 Å². The van der Waals surface area contributed by atoms with Gasteiger partial charge in [0.1, 0.15) is 0 Å². The maximum Gasteiger partial charge on any atom is 0.307 e. The molecule has 1 aromatic carbocycles. The largest absolute Gasteiger partial charge is 0.307 e. The third-order valence-corrected chi connectivity index (χ3v) is 4.45. The Morgan fingerprint density at radius 1 is 1.38 bits per heavy atom. The molecule has 2 nitrogen and oxygen atoms in total. The quantitative estimate of drug-likeness (QED) is 0.783. The van der Waals surface area contributed by atoms with Crippen LogP contribution < -0.4 is 4.87 Å². The summed E-state index contributed by atoms with van der Waals surface area (Å²) < 4.78 is 2.80. The molecular weight excluding hydrogens is 218 g/mol. The molecule has 2 rings (SSSR count). The van der Waals surface area contributed by atoms with Crippen LogP contribution in [0.15, 0.2) is 23.0 Å². The van der Waals surface area contributed by atoms with E-state index < -0.39 is 0 Å². The van der Waals surface area contributed by atoms with Crippen molar-refractivity contribution in [2.45, 2.75) is 32.6 Å². The van der Waals surface area contributed by atoms with Gasteiger partial charge in [0, 0.05) is 7.05 Å². The summed E-state index contributed by atoms with van der Waals surface area (Å²) in [6, 6.07) is 6.35. The predicted octanol–water partition coefficient (Wildman–Crippen LogP) is 3.29. The second kappa shape index (κ2) is 3.74. The Morgan fingerprint density at radius 2 is 2.06 bits per heavy atom. The Kier molecular flexibility index (Phi) is 2.66. The Morgan fingerprint density at radius 3 is 2.69 bits per heavy atom. The maximum absolute atomic E-state index is 11.6. The molecule has 0 aliphatic carbocycles. The maximum atomic E-state index is 11.6. The zero-order valence-electron chi connectivity index (χ0n) is 10.2. The highest BCUT2D eigenvalue weighted by Crippen LogP contribution is 2.29. The van der Waals surface area contributed by atoms with Gasteiger partial charge in [-0.15, -0.1) is 0 Å². The third-order valence-electron chi connectivity index (χ3n) is 3.46. The van der Waals surface area contributed by atoms with Gasteiger partial charge in [0.15, 0.2) is 0 Å². The highest BCUT2D eigenvalue weighted by molar-refractivity contribution is 7.16. The molecule has 1 aromatic heterocycles. The van der Waals surface area contributed by atoms with Crippen LogP contribution in [0.2, 0.25) is 0 Å². The number of hydrogen-bond donors (Lipinski definition) is 0. The van der Waals surface area contributed by atoms with Crippen molar-refractivity contribution >= 4 is 21.6 Å². The highest BCUT2D eigenvalue weighted by Gasteiger charge is 2.18. The summed E-state index contributed by atoms with van der Waals surface area (Å²) in [4.78, 5) is 11.7. The average molecular weight is 235 g/mol. The highest BCUT2D eigenvalue weighted by atomic mass is 32.1. The van der Waals surface area contributed by atoms with Gasteiger partial charge in [0.25, 0.3) is 0 Å². The molecule has 2 aromatic rings. The first-order valence-corrected chi connectivity index (χ1v) is 6.37. The minimum atomic E-state index is 0.112. The van der Waals surface area contributed by atoms with E-state index in [9.17, 15) is 4.79 Å². The molecule has 0 atom stereocenters. The van der Waals surface area contributed by atoms with Gasteiger partial charge < -0.3 is 4.57 Å². The zero-order chi connectivity index (χ0) is 11.9. The van der Waals surface area contributed by atoms with E-state index in [0.717, 1.165) is 16.6 Å². The normalized spacial score (nSPS) is 12.2. The first kappa shape index (κ1) is 11.4. The lowest BCUT2D eigenvalue weighted by Crippen LogP contribution is -2.15. The van der Waals surface area contributed by atoms with E-state index in [0.29, 0.717) is 0 Å². The Balaban J connectivity index is 2.66. The van der Waals surface area contributed by atoms with Crippen molar-refractivity contribution in [3.8, 4) is 0 Å². The molecule has 0 saturated heterocycles. The summed E-state index contributed by atoms with van der Waals surface area (Å²) in [6.07, 6.45) is 1.10. The summed E-state index contributed by atoms with van der Waals surface area (Å²) >= 11 is 1.33. The van der Waals surface area contributed by atoms with Crippen LogP contribution >= 0.6 is 11.3 Å². The van der Waals surface area contributed by atoms with Crippen LogP contribution in [-0.2, 0) is 12.5 Å². The van der Waals surface area contributed by atoms with Crippen LogP contribution in [0.5, 0.6) is 0 Å². The van der Waals surface area contributed by atoms with Gasteiger partial charge in [-0.1, -0.05) is 38.2 Å². The van der Waals surface area contributed by atoms with Crippen LogP contribution in [0.1, 0.15) is 32.8 Å². The van der Waals surface area contributed by atoms with Crippen LogP contribution in [0.25, 0.3) is 10.2 Å². The molecule has 0 amide bonds. The van der Waals surface area contributed by atoms with Crippen LogP contribution in [0.3, 0.4) is 0 Å². The smallest absolute Gasteiger partial charge is 0.302 e. The van der Waals surface area contributed by atoms with E-state index in [1.807, 2.05) is 7.05 Å². The van der Waals surface area contributed by atoms with Gasteiger partial charge in [-0.3, -0.25) is 4.79 Å². The van der Waals surface area contributed by atoms with E-state index in [-0.39, 0.29) is 10.3 Å². The van der Waals surface area contributed by atoms with Gasteiger partial charge >= 0.3 is 4.87 Å². The summed E-state index contributed by atoms with van der Waals surface area (Å²) in [5, 5.41) is 0. The molecule has 0 spiro atoms. The van der Waals surface area contributed by atoms with Crippen molar-refractivity contribution < 1.29 is 0 Å². The molecule has 0 aliphatic rings. The van der Waals surface area contributed by atoms with Gasteiger partial charge in [-0.05, 0) is 29.5 Å². The number of rotatable bonds is 2. The van der Waals surface area contributed by atoms with E-state index >= 15 is 0 Å². The summed E-state index contributed by atoms with van der Waals surface area (Å²) in [7, 11) is 1.83. The van der Waals surface area contributed by atoms with E-state index in [1.165, 1.54) is 16.9 Å². The fourth-order valence-corrected chi connectivity index (χ4v) is 2.68. The third kappa shape index (κ3) is 1.69. The lowest BCUT2D eigenvalue weighted by molar-refractivity contribution is 0.507. The van der Waals surface area contributed by atoms with Crippen LogP contribution in [0.4, 0.5) is 0 Å². The van der Waals surface area contributed by atoms with Gasteiger partial charge in [0.2, 0.25) is 0 Å². The molecular formula is C13H17NOS. The number of aromatic nitrogens is 1. The number of aryl methyl sites for hydroxylation is 1. The Hall–Kier alpha value is -1.09. The molecule has 0 saturated carbocycles.